The molecule has 0 aliphatic rings. The maximum absolute atomic E-state index is 12.2. The Morgan fingerprint density at radius 3 is 2.44 bits per heavy atom. The van der Waals surface area contributed by atoms with Crippen LogP contribution in [-0.2, 0) is 11.3 Å². The normalized spacial score (nSPS) is 11.0. The number of alkyl halides is 2. The van der Waals surface area contributed by atoms with E-state index in [0.29, 0.717) is 38.6 Å². The molecule has 0 saturated carbocycles. The van der Waals surface area contributed by atoms with Gasteiger partial charge in [-0.25, -0.2) is 0 Å². The van der Waals surface area contributed by atoms with Gasteiger partial charge in [-0.2, -0.15) is 8.78 Å². The summed E-state index contributed by atoms with van der Waals surface area (Å²) >= 11 is 0. The molecule has 2 N–H and O–H groups in total. The second-order valence-corrected chi connectivity index (χ2v) is 5.71. The number of aliphatic imine (C=N–C) groups is 1. The molecule has 0 saturated heterocycles. The minimum absolute atomic E-state index is 0. The number of rotatable bonds is 10. The maximum Gasteiger partial charge on any atom is 0.387 e. The van der Waals surface area contributed by atoms with E-state index in [1.54, 1.807) is 12.1 Å². The molecule has 9 heteroatoms. The average Bonchev–Trinajstić information content (AvgIpc) is 2.60. The van der Waals surface area contributed by atoms with Crippen LogP contribution in [0.1, 0.15) is 32.3 Å². The van der Waals surface area contributed by atoms with Crippen LogP contribution in [0, 0.1) is 0 Å². The summed E-state index contributed by atoms with van der Waals surface area (Å²) in [5.74, 6) is 0.803. The van der Waals surface area contributed by atoms with E-state index in [1.807, 2.05) is 25.8 Å². The molecule has 0 unspecified atom stereocenters. The lowest BCUT2D eigenvalue weighted by molar-refractivity contribution is -0.120. The highest BCUT2D eigenvalue weighted by atomic mass is 127. The highest BCUT2D eigenvalue weighted by Crippen LogP contribution is 2.15. The van der Waals surface area contributed by atoms with Crippen molar-refractivity contribution in [2.75, 3.05) is 26.7 Å². The fourth-order valence-corrected chi connectivity index (χ4v) is 2.21. The first-order valence-electron chi connectivity index (χ1n) is 8.76. The van der Waals surface area contributed by atoms with E-state index in [9.17, 15) is 13.6 Å². The summed E-state index contributed by atoms with van der Waals surface area (Å²) in [6.45, 7) is 3.45. The van der Waals surface area contributed by atoms with Gasteiger partial charge in [-0.05, 0) is 31.0 Å². The van der Waals surface area contributed by atoms with Gasteiger partial charge in [0.2, 0.25) is 5.91 Å². The number of halogens is 3. The van der Waals surface area contributed by atoms with E-state index in [-0.39, 0.29) is 35.6 Å². The average molecular weight is 498 g/mol. The van der Waals surface area contributed by atoms with E-state index < -0.39 is 6.61 Å². The van der Waals surface area contributed by atoms with Gasteiger partial charge >= 0.3 is 6.61 Å². The number of nitrogens with zero attached hydrogens (tertiary/aromatic N) is 2. The number of carbonyl (C=O) groups is 1. The molecule has 0 fully saturated rings. The van der Waals surface area contributed by atoms with Crippen LogP contribution in [0.25, 0.3) is 0 Å². The molecule has 154 valence electrons. The van der Waals surface area contributed by atoms with E-state index in [0.717, 1.165) is 12.0 Å². The predicted molar refractivity (Wildman–Crippen MR) is 114 cm³/mol. The van der Waals surface area contributed by atoms with Crippen LogP contribution in [0.4, 0.5) is 8.78 Å². The highest BCUT2D eigenvalue weighted by molar-refractivity contribution is 14.0. The molecular formula is C18H29F2IN4O2. The number of guanidine groups is 1. The Morgan fingerprint density at radius 2 is 1.89 bits per heavy atom. The molecule has 1 rings (SSSR count). The zero-order valence-corrected chi connectivity index (χ0v) is 18.3. The van der Waals surface area contributed by atoms with Crippen LogP contribution in [0.3, 0.4) is 0 Å². The summed E-state index contributed by atoms with van der Waals surface area (Å²) in [5, 5.41) is 6.00. The van der Waals surface area contributed by atoms with Crippen molar-refractivity contribution in [3.63, 3.8) is 0 Å². The second-order valence-electron chi connectivity index (χ2n) is 5.71. The summed E-state index contributed by atoms with van der Waals surface area (Å²) in [5.41, 5.74) is 0.931. The van der Waals surface area contributed by atoms with Crippen molar-refractivity contribution in [2.45, 2.75) is 39.8 Å². The highest BCUT2D eigenvalue weighted by Gasteiger charge is 2.08. The Balaban J connectivity index is 0.00000676. The number of carbonyl (C=O) groups excluding carboxylic acids is 1. The lowest BCUT2D eigenvalue weighted by Crippen LogP contribution is -2.38. The van der Waals surface area contributed by atoms with E-state index in [1.165, 1.54) is 12.1 Å². The number of nitrogens with one attached hydrogen (secondary N) is 2. The van der Waals surface area contributed by atoms with Crippen molar-refractivity contribution in [1.29, 1.82) is 0 Å². The van der Waals surface area contributed by atoms with Crippen molar-refractivity contribution in [3.8, 4) is 5.75 Å². The van der Waals surface area contributed by atoms with Crippen molar-refractivity contribution in [2.24, 2.45) is 4.99 Å². The zero-order chi connectivity index (χ0) is 19.4. The first-order chi connectivity index (χ1) is 12.5. The molecule has 27 heavy (non-hydrogen) atoms. The number of amides is 1. The number of hydrogen-bond donors (Lipinski definition) is 2. The molecule has 0 radical (unpaired) electrons. The Bertz CT molecular complexity index is 571. The fraction of sp³-hybridized carbons (Fsp3) is 0.556. The summed E-state index contributed by atoms with van der Waals surface area (Å²) < 4.78 is 28.7. The van der Waals surface area contributed by atoms with Crippen LogP contribution >= 0.6 is 24.0 Å². The van der Waals surface area contributed by atoms with E-state index in [4.69, 9.17) is 0 Å². The standard InChI is InChI=1S/C18H28F2N4O2.HI/c1-4-11-22-16(25)10-12-23-18(21-5-2)24(3)13-14-6-8-15(9-7-14)26-17(19)20;/h6-9,17H,4-5,10-13H2,1-3H3,(H,21,23)(H,22,25);1H. The van der Waals surface area contributed by atoms with Gasteiger partial charge in [-0.15, -0.1) is 24.0 Å². The van der Waals surface area contributed by atoms with Crippen LogP contribution in [0.5, 0.6) is 5.75 Å². The van der Waals surface area contributed by atoms with Crippen molar-refractivity contribution in [1.82, 2.24) is 15.5 Å². The van der Waals surface area contributed by atoms with Gasteiger partial charge in [0.25, 0.3) is 0 Å². The third-order valence-electron chi connectivity index (χ3n) is 3.44. The van der Waals surface area contributed by atoms with Crippen LogP contribution < -0.4 is 15.4 Å². The molecule has 1 aromatic carbocycles. The number of hydrogen-bond acceptors (Lipinski definition) is 3. The summed E-state index contributed by atoms with van der Waals surface area (Å²) in [7, 11) is 1.88. The minimum atomic E-state index is -2.83. The minimum Gasteiger partial charge on any atom is -0.435 e. The van der Waals surface area contributed by atoms with Crippen LogP contribution in [-0.4, -0.2) is 50.1 Å². The molecular weight excluding hydrogens is 469 g/mol. The molecule has 6 nitrogen and oxygen atoms in total. The topological polar surface area (TPSA) is 66.0 Å². The first kappa shape index (κ1) is 25.4. The second kappa shape index (κ2) is 14.4. The zero-order valence-electron chi connectivity index (χ0n) is 16.0. The fourth-order valence-electron chi connectivity index (χ4n) is 2.21. The molecule has 0 aliphatic carbocycles. The smallest absolute Gasteiger partial charge is 0.387 e. The summed E-state index contributed by atoms with van der Waals surface area (Å²) in [6, 6.07) is 6.49. The van der Waals surface area contributed by atoms with E-state index >= 15 is 0 Å². The number of benzene rings is 1. The lowest BCUT2D eigenvalue weighted by atomic mass is 10.2. The van der Waals surface area contributed by atoms with Gasteiger partial charge in [-0.1, -0.05) is 19.1 Å². The van der Waals surface area contributed by atoms with Crippen molar-refractivity contribution < 1.29 is 18.3 Å². The van der Waals surface area contributed by atoms with Gasteiger partial charge in [-0.3, -0.25) is 9.79 Å². The van der Waals surface area contributed by atoms with Gasteiger partial charge in [0, 0.05) is 33.1 Å². The van der Waals surface area contributed by atoms with Gasteiger partial charge in [0.15, 0.2) is 5.96 Å². The molecule has 0 spiro atoms. The Morgan fingerprint density at radius 1 is 1.22 bits per heavy atom. The Kier molecular flexibility index (Phi) is 13.5. The van der Waals surface area contributed by atoms with Crippen LogP contribution in [0.2, 0.25) is 0 Å². The molecule has 0 bridgehead atoms. The van der Waals surface area contributed by atoms with Gasteiger partial charge < -0.3 is 20.3 Å². The Hall–Kier alpha value is -1.65. The van der Waals surface area contributed by atoms with Crippen molar-refractivity contribution >= 4 is 35.8 Å². The third-order valence-corrected chi connectivity index (χ3v) is 3.44. The summed E-state index contributed by atoms with van der Waals surface area (Å²) in [6.07, 6.45) is 1.24. The quantitative estimate of drug-likeness (QED) is 0.296. The molecule has 0 aliphatic heterocycles. The third kappa shape index (κ3) is 10.9. The monoisotopic (exact) mass is 498 g/mol. The van der Waals surface area contributed by atoms with Crippen molar-refractivity contribution in [3.05, 3.63) is 29.8 Å². The van der Waals surface area contributed by atoms with Gasteiger partial charge in [0.1, 0.15) is 5.75 Å². The summed E-state index contributed by atoms with van der Waals surface area (Å²) in [4.78, 5) is 18.0. The lowest BCUT2D eigenvalue weighted by Gasteiger charge is -2.22. The SMILES string of the molecule is CCCNC(=O)CCN=C(NCC)N(C)Cc1ccc(OC(F)F)cc1.I. The molecule has 0 heterocycles. The predicted octanol–water partition coefficient (Wildman–Crippen LogP) is 3.22. The number of ether oxygens (including phenoxy) is 1. The molecule has 1 aromatic rings. The maximum atomic E-state index is 12.2. The molecule has 0 atom stereocenters. The van der Waals surface area contributed by atoms with Gasteiger partial charge in [0.05, 0.1) is 6.54 Å². The largest absolute Gasteiger partial charge is 0.435 e. The Labute approximate surface area is 176 Å². The van der Waals surface area contributed by atoms with Crippen LogP contribution in [0.15, 0.2) is 29.3 Å². The first-order valence-corrected chi connectivity index (χ1v) is 8.76. The molecule has 0 aromatic heterocycles. The van der Waals surface area contributed by atoms with E-state index in [2.05, 4.69) is 20.4 Å². The molecule has 1 amide bonds.